The van der Waals surface area contributed by atoms with Gasteiger partial charge >= 0.3 is 0 Å². The molecular weight excluding hydrogens is 415 g/mol. The Kier molecular flexibility index (Phi) is 5.78. The van der Waals surface area contributed by atoms with Crippen LogP contribution in [0.4, 0.5) is 0 Å². The predicted octanol–water partition coefficient (Wildman–Crippen LogP) is 4.05. The molecule has 29 heavy (non-hydrogen) atoms. The second-order valence-electron chi connectivity index (χ2n) is 6.51. The van der Waals surface area contributed by atoms with E-state index in [1.807, 2.05) is 12.1 Å². The molecule has 1 aliphatic rings. The first-order valence-corrected chi connectivity index (χ1v) is 9.66. The van der Waals surface area contributed by atoms with Gasteiger partial charge in [-0.1, -0.05) is 45.6 Å². The van der Waals surface area contributed by atoms with Crippen molar-refractivity contribution in [1.29, 1.82) is 0 Å². The molecule has 0 spiro atoms. The zero-order valence-corrected chi connectivity index (χ0v) is 16.7. The molecule has 148 valence electrons. The molecule has 1 N–H and O–H groups in total. The number of hydrogen-bond donors (Lipinski definition) is 1. The number of hydrogen-bond acceptors (Lipinski definition) is 6. The second-order valence-corrected chi connectivity index (χ2v) is 7.38. The van der Waals surface area contributed by atoms with Crippen LogP contribution in [0, 0.1) is 0 Å². The van der Waals surface area contributed by atoms with Crippen molar-refractivity contribution in [3.05, 3.63) is 70.0 Å². The Bertz CT molecular complexity index is 1050. The van der Waals surface area contributed by atoms with Crippen LogP contribution < -0.4 is 5.32 Å². The molecule has 0 fully saturated rings. The predicted molar refractivity (Wildman–Crippen MR) is 109 cm³/mol. The fourth-order valence-electron chi connectivity index (χ4n) is 2.85. The fourth-order valence-corrected chi connectivity index (χ4v) is 3.19. The van der Waals surface area contributed by atoms with Gasteiger partial charge in [-0.05, 0) is 42.0 Å². The standard InChI is InChI=1S/C20H16Cl2N4O3/c21-14-6-4-13(5-7-14)20-24-18(26-29-20)10-16-9-17(25-28-16)19(27)23-11-12-2-1-3-15(22)8-12/h1-8,16H,9-11H2,(H,23,27). The van der Waals surface area contributed by atoms with E-state index >= 15 is 0 Å². The Labute approximate surface area is 176 Å². The monoisotopic (exact) mass is 430 g/mol. The number of nitrogens with one attached hydrogen (secondary N) is 1. The van der Waals surface area contributed by atoms with E-state index in [1.54, 1.807) is 36.4 Å². The maximum Gasteiger partial charge on any atom is 0.269 e. The molecule has 7 nitrogen and oxygen atoms in total. The number of nitrogens with zero attached hydrogens (tertiary/aromatic N) is 3. The Morgan fingerprint density at radius 2 is 1.97 bits per heavy atom. The van der Waals surface area contributed by atoms with Crippen LogP contribution in [-0.4, -0.2) is 27.9 Å². The summed E-state index contributed by atoms with van der Waals surface area (Å²) in [6.07, 6.45) is 0.426. The molecule has 1 aromatic heterocycles. The highest BCUT2D eigenvalue weighted by atomic mass is 35.5. The van der Waals surface area contributed by atoms with Gasteiger partial charge in [-0.3, -0.25) is 4.79 Å². The van der Waals surface area contributed by atoms with Gasteiger partial charge in [0.15, 0.2) is 5.82 Å². The van der Waals surface area contributed by atoms with E-state index in [0.29, 0.717) is 46.9 Å². The minimum atomic E-state index is -0.322. The zero-order valence-electron chi connectivity index (χ0n) is 15.1. The maximum atomic E-state index is 12.3. The summed E-state index contributed by atoms with van der Waals surface area (Å²) in [5.41, 5.74) is 2.01. The molecule has 3 aromatic rings. The van der Waals surface area contributed by atoms with Crippen molar-refractivity contribution < 1.29 is 14.2 Å². The summed E-state index contributed by atoms with van der Waals surface area (Å²) in [6, 6.07) is 14.4. The van der Waals surface area contributed by atoms with Gasteiger partial charge in [0.25, 0.3) is 11.8 Å². The van der Waals surface area contributed by atoms with Crippen LogP contribution in [-0.2, 0) is 22.6 Å². The number of carbonyl (C=O) groups is 1. The van der Waals surface area contributed by atoms with E-state index in [1.165, 1.54) is 0 Å². The van der Waals surface area contributed by atoms with Crippen LogP contribution in [0.2, 0.25) is 10.0 Å². The van der Waals surface area contributed by atoms with Gasteiger partial charge in [0.2, 0.25) is 0 Å². The third-order valence-electron chi connectivity index (χ3n) is 4.31. The topological polar surface area (TPSA) is 89.6 Å². The van der Waals surface area contributed by atoms with E-state index in [-0.39, 0.29) is 12.0 Å². The van der Waals surface area contributed by atoms with Crippen molar-refractivity contribution in [3.63, 3.8) is 0 Å². The average molecular weight is 431 g/mol. The first kappa shape index (κ1) is 19.4. The van der Waals surface area contributed by atoms with Crippen molar-refractivity contribution >= 4 is 34.8 Å². The molecule has 2 aromatic carbocycles. The number of carbonyl (C=O) groups excluding carboxylic acids is 1. The molecule has 0 radical (unpaired) electrons. The van der Waals surface area contributed by atoms with Crippen LogP contribution in [0.3, 0.4) is 0 Å². The molecule has 1 amide bonds. The fraction of sp³-hybridized carbons (Fsp3) is 0.200. The average Bonchev–Trinajstić information content (AvgIpc) is 3.37. The maximum absolute atomic E-state index is 12.3. The summed E-state index contributed by atoms with van der Waals surface area (Å²) in [6.45, 7) is 0.359. The first-order chi connectivity index (χ1) is 14.1. The summed E-state index contributed by atoms with van der Waals surface area (Å²) in [4.78, 5) is 22.0. The number of benzene rings is 2. The number of aromatic nitrogens is 2. The molecule has 0 saturated carbocycles. The van der Waals surface area contributed by atoms with E-state index in [2.05, 4.69) is 20.6 Å². The van der Waals surface area contributed by atoms with Crippen molar-refractivity contribution in [1.82, 2.24) is 15.5 Å². The molecule has 0 bridgehead atoms. The molecule has 4 rings (SSSR count). The summed E-state index contributed by atoms with van der Waals surface area (Å²) in [5.74, 6) is 0.605. The van der Waals surface area contributed by atoms with E-state index < -0.39 is 0 Å². The van der Waals surface area contributed by atoms with E-state index in [0.717, 1.165) is 11.1 Å². The van der Waals surface area contributed by atoms with Gasteiger partial charge in [0.05, 0.1) is 6.42 Å². The van der Waals surface area contributed by atoms with Crippen LogP contribution in [0.5, 0.6) is 0 Å². The summed E-state index contributed by atoms with van der Waals surface area (Å²) in [5, 5.41) is 11.9. The minimum Gasteiger partial charge on any atom is -0.391 e. The van der Waals surface area contributed by atoms with Crippen LogP contribution >= 0.6 is 23.2 Å². The quantitative estimate of drug-likeness (QED) is 0.636. The van der Waals surface area contributed by atoms with Gasteiger partial charge in [-0.2, -0.15) is 4.98 Å². The second kappa shape index (κ2) is 8.63. The summed E-state index contributed by atoms with van der Waals surface area (Å²) < 4.78 is 5.29. The summed E-state index contributed by atoms with van der Waals surface area (Å²) >= 11 is 11.8. The molecule has 1 atom stereocenters. The Morgan fingerprint density at radius 3 is 2.76 bits per heavy atom. The Hall–Kier alpha value is -2.90. The van der Waals surface area contributed by atoms with E-state index in [9.17, 15) is 4.79 Å². The SMILES string of the molecule is O=C(NCc1cccc(Cl)c1)C1=NOC(Cc2noc(-c3ccc(Cl)cc3)n2)C1. The lowest BCUT2D eigenvalue weighted by Crippen LogP contribution is -2.30. The smallest absolute Gasteiger partial charge is 0.269 e. The molecule has 0 saturated heterocycles. The molecule has 1 aliphatic heterocycles. The molecule has 9 heteroatoms. The summed E-state index contributed by atoms with van der Waals surface area (Å²) in [7, 11) is 0. The Morgan fingerprint density at radius 1 is 1.14 bits per heavy atom. The van der Waals surface area contributed by atoms with Gasteiger partial charge in [0, 0.05) is 28.6 Å². The third kappa shape index (κ3) is 4.93. The highest BCUT2D eigenvalue weighted by Gasteiger charge is 2.27. The van der Waals surface area contributed by atoms with Crippen LogP contribution in [0.1, 0.15) is 17.8 Å². The highest BCUT2D eigenvalue weighted by Crippen LogP contribution is 2.21. The van der Waals surface area contributed by atoms with Crippen molar-refractivity contribution in [3.8, 4) is 11.5 Å². The Balaban J connectivity index is 1.29. The number of oxime groups is 1. The lowest BCUT2D eigenvalue weighted by Gasteiger charge is -2.05. The van der Waals surface area contributed by atoms with Crippen molar-refractivity contribution in [2.24, 2.45) is 5.16 Å². The molecule has 1 unspecified atom stereocenters. The van der Waals surface area contributed by atoms with Gasteiger partial charge in [-0.25, -0.2) is 0 Å². The van der Waals surface area contributed by atoms with Gasteiger partial charge in [0.1, 0.15) is 11.8 Å². The zero-order chi connectivity index (χ0) is 20.2. The number of halogens is 2. The minimum absolute atomic E-state index is 0.276. The van der Waals surface area contributed by atoms with Crippen LogP contribution in [0.15, 0.2) is 58.2 Å². The highest BCUT2D eigenvalue weighted by molar-refractivity contribution is 6.39. The normalized spacial score (nSPS) is 15.7. The van der Waals surface area contributed by atoms with Gasteiger partial charge < -0.3 is 14.7 Å². The largest absolute Gasteiger partial charge is 0.391 e. The number of amides is 1. The van der Waals surface area contributed by atoms with Gasteiger partial charge in [-0.15, -0.1) is 0 Å². The first-order valence-electron chi connectivity index (χ1n) is 8.90. The van der Waals surface area contributed by atoms with Crippen molar-refractivity contribution in [2.75, 3.05) is 0 Å². The molecule has 2 heterocycles. The third-order valence-corrected chi connectivity index (χ3v) is 4.79. The van der Waals surface area contributed by atoms with Crippen LogP contribution in [0.25, 0.3) is 11.5 Å². The van der Waals surface area contributed by atoms with E-state index in [4.69, 9.17) is 32.6 Å². The lowest BCUT2D eigenvalue weighted by atomic mass is 10.1. The lowest BCUT2D eigenvalue weighted by molar-refractivity contribution is -0.115. The van der Waals surface area contributed by atoms with Crippen molar-refractivity contribution in [2.45, 2.75) is 25.5 Å². The molecule has 0 aliphatic carbocycles. The molecular formula is C20H16Cl2N4O3. The number of rotatable bonds is 6.